The highest BCUT2D eigenvalue weighted by molar-refractivity contribution is 9.10. The van der Waals surface area contributed by atoms with Crippen LogP contribution in [-0.4, -0.2) is 14.6 Å². The molecule has 1 atom stereocenters. The first-order valence-corrected chi connectivity index (χ1v) is 9.35. The van der Waals surface area contributed by atoms with Gasteiger partial charge in [0.25, 0.3) is 5.69 Å². The highest BCUT2D eigenvalue weighted by atomic mass is 79.9. The molecule has 1 aliphatic heterocycles. The number of imidazole rings is 1. The van der Waals surface area contributed by atoms with E-state index in [1.807, 2.05) is 48.5 Å². The number of hydrogen-bond donors (Lipinski definition) is 1. The molecule has 138 valence electrons. The number of anilines is 1. The number of rotatable bonds is 2. The summed E-state index contributed by atoms with van der Waals surface area (Å²) in [5.41, 5.74) is 3.82. The summed E-state index contributed by atoms with van der Waals surface area (Å²) < 4.78 is 2.54. The lowest BCUT2D eigenvalue weighted by Gasteiger charge is -2.20. The third-order valence-electron chi connectivity index (χ3n) is 4.65. The van der Waals surface area contributed by atoms with Crippen molar-refractivity contribution in [2.24, 2.45) is 0 Å². The predicted octanol–water partition coefficient (Wildman–Crippen LogP) is 4.93. The van der Waals surface area contributed by atoms with Crippen molar-refractivity contribution in [2.45, 2.75) is 6.23 Å². The number of halogens is 1. The van der Waals surface area contributed by atoms with Crippen molar-refractivity contribution in [1.82, 2.24) is 9.71 Å². The van der Waals surface area contributed by atoms with Crippen molar-refractivity contribution in [2.75, 3.05) is 5.32 Å². The van der Waals surface area contributed by atoms with E-state index in [0.29, 0.717) is 16.9 Å². The number of benzene rings is 3. The molecule has 0 radical (unpaired) electrons. The van der Waals surface area contributed by atoms with Gasteiger partial charge >= 0.3 is 0 Å². The molecule has 0 spiro atoms. The molecule has 0 bridgehead atoms. The van der Waals surface area contributed by atoms with Crippen LogP contribution in [0.2, 0.25) is 0 Å². The van der Waals surface area contributed by atoms with Crippen LogP contribution < -0.4 is 10.2 Å². The Hall–Kier alpha value is -3.39. The van der Waals surface area contributed by atoms with Gasteiger partial charge in [0.05, 0.1) is 10.4 Å². The van der Waals surface area contributed by atoms with Crippen LogP contribution in [0.5, 0.6) is 0 Å². The second-order valence-electron chi connectivity index (χ2n) is 6.39. The van der Waals surface area contributed by atoms with E-state index in [2.05, 4.69) is 26.2 Å². The van der Waals surface area contributed by atoms with Crippen LogP contribution in [0.15, 0.2) is 71.2 Å². The van der Waals surface area contributed by atoms with E-state index < -0.39 is 11.2 Å². The zero-order valence-electron chi connectivity index (χ0n) is 14.4. The van der Waals surface area contributed by atoms with Crippen LogP contribution in [0.4, 0.5) is 11.4 Å². The number of nitrogens with zero attached hydrogens (tertiary/aromatic N) is 3. The van der Waals surface area contributed by atoms with E-state index in [-0.39, 0.29) is 5.69 Å². The van der Waals surface area contributed by atoms with Gasteiger partial charge in [0, 0.05) is 33.4 Å². The molecule has 1 aromatic heterocycles. The first-order chi connectivity index (χ1) is 13.6. The molecule has 8 heteroatoms. The molecule has 1 aliphatic rings. The number of nitro benzene ring substituents is 1. The van der Waals surface area contributed by atoms with Crippen LogP contribution in [-0.2, 0) is 0 Å². The highest BCUT2D eigenvalue weighted by Gasteiger charge is 2.26. The summed E-state index contributed by atoms with van der Waals surface area (Å²) in [5, 5.41) is 14.6. The Morgan fingerprint density at radius 1 is 1.11 bits per heavy atom. The number of nitro groups is 1. The van der Waals surface area contributed by atoms with Crippen LogP contribution in [0, 0.1) is 10.1 Å². The average molecular weight is 437 g/mol. The lowest BCUT2D eigenvalue weighted by atomic mass is 10.1. The van der Waals surface area contributed by atoms with Gasteiger partial charge in [-0.2, -0.15) is 4.73 Å². The van der Waals surface area contributed by atoms with Crippen LogP contribution >= 0.6 is 15.9 Å². The molecule has 1 unspecified atom stereocenters. The summed E-state index contributed by atoms with van der Waals surface area (Å²) in [4.78, 5) is 21.7. The third-order valence-corrected chi connectivity index (χ3v) is 5.17. The minimum absolute atomic E-state index is 0.00974. The van der Waals surface area contributed by atoms with E-state index in [1.165, 1.54) is 12.1 Å². The molecule has 0 saturated heterocycles. The number of hydrogen-bond acceptors (Lipinski definition) is 5. The highest BCUT2D eigenvalue weighted by Crippen LogP contribution is 2.36. The maximum absolute atomic E-state index is 11.2. The van der Waals surface area contributed by atoms with Gasteiger partial charge in [-0.1, -0.05) is 40.2 Å². The van der Waals surface area contributed by atoms with Crippen molar-refractivity contribution in [1.29, 1.82) is 0 Å². The molecular weight excluding hydrogens is 424 g/mol. The minimum Gasteiger partial charge on any atom is -0.382 e. The second-order valence-corrected chi connectivity index (χ2v) is 7.30. The number of para-hydroxylation sites is 1. The number of aromatic nitrogens is 2. The summed E-state index contributed by atoms with van der Waals surface area (Å²) in [6.07, 6.45) is -0.493. The third kappa shape index (κ3) is 2.69. The molecule has 28 heavy (non-hydrogen) atoms. The van der Waals surface area contributed by atoms with Gasteiger partial charge in [-0.25, -0.2) is 4.98 Å². The van der Waals surface area contributed by atoms with Gasteiger partial charge in [0.2, 0.25) is 6.23 Å². The SMILES string of the molecule is O=[N+]([O-])c1ccc2nc3n(c2c1)OC(c1ccc(Br)cc1)Nc1ccccc1-3. The number of nitrogens with one attached hydrogen (secondary N) is 1. The standard InChI is InChI=1S/C20H13BrN4O3/c21-13-7-5-12(6-8-13)20-23-16-4-2-1-3-15(16)19-22-17-10-9-14(25(26)27)11-18(17)24(19)28-20/h1-11,20,23H. The fraction of sp³-hybridized carbons (Fsp3) is 0.0500. The van der Waals surface area contributed by atoms with Gasteiger partial charge in [-0.15, -0.1) is 0 Å². The minimum atomic E-state index is -0.493. The summed E-state index contributed by atoms with van der Waals surface area (Å²) in [6, 6.07) is 20.1. The van der Waals surface area contributed by atoms with Gasteiger partial charge < -0.3 is 10.2 Å². The zero-order chi connectivity index (χ0) is 19.3. The molecule has 0 fully saturated rings. The Labute approximate surface area is 167 Å². The van der Waals surface area contributed by atoms with Gasteiger partial charge in [0.15, 0.2) is 5.82 Å². The Balaban J connectivity index is 1.74. The molecule has 3 aromatic carbocycles. The van der Waals surface area contributed by atoms with E-state index in [9.17, 15) is 10.1 Å². The maximum Gasteiger partial charge on any atom is 0.271 e. The monoisotopic (exact) mass is 436 g/mol. The molecule has 1 N–H and O–H groups in total. The van der Waals surface area contributed by atoms with Crippen molar-refractivity contribution in [3.63, 3.8) is 0 Å². The molecule has 0 aliphatic carbocycles. The van der Waals surface area contributed by atoms with Crippen LogP contribution in [0.1, 0.15) is 11.8 Å². The first kappa shape index (κ1) is 16.8. The average Bonchev–Trinajstić information content (AvgIpc) is 2.97. The fourth-order valence-corrected chi connectivity index (χ4v) is 3.56. The fourth-order valence-electron chi connectivity index (χ4n) is 3.29. The summed E-state index contributed by atoms with van der Waals surface area (Å²) in [6.45, 7) is 0. The van der Waals surface area contributed by atoms with Gasteiger partial charge in [-0.3, -0.25) is 10.1 Å². The molecule has 7 nitrogen and oxygen atoms in total. The molecule has 4 aromatic rings. The van der Waals surface area contributed by atoms with E-state index in [0.717, 1.165) is 21.3 Å². The molecule has 0 amide bonds. The lowest BCUT2D eigenvalue weighted by Crippen LogP contribution is -2.23. The number of non-ortho nitro benzene ring substituents is 1. The molecule has 5 rings (SSSR count). The van der Waals surface area contributed by atoms with Gasteiger partial charge in [0.1, 0.15) is 5.52 Å². The van der Waals surface area contributed by atoms with E-state index >= 15 is 0 Å². The molecule has 0 saturated carbocycles. The van der Waals surface area contributed by atoms with E-state index in [1.54, 1.807) is 10.8 Å². The van der Waals surface area contributed by atoms with Gasteiger partial charge in [-0.05, 0) is 30.3 Å². The number of fused-ring (bicyclic) bond motifs is 5. The lowest BCUT2D eigenvalue weighted by molar-refractivity contribution is -0.384. The largest absolute Gasteiger partial charge is 0.382 e. The zero-order valence-corrected chi connectivity index (χ0v) is 16.0. The Morgan fingerprint density at radius 3 is 2.68 bits per heavy atom. The molecular formula is C20H13BrN4O3. The topological polar surface area (TPSA) is 82.2 Å². The normalized spacial score (nSPS) is 15.1. The molecule has 2 heterocycles. The Bertz CT molecular complexity index is 1220. The summed E-state index contributed by atoms with van der Waals surface area (Å²) >= 11 is 3.44. The van der Waals surface area contributed by atoms with E-state index in [4.69, 9.17) is 4.84 Å². The first-order valence-electron chi connectivity index (χ1n) is 8.55. The quantitative estimate of drug-likeness (QED) is 0.355. The summed E-state index contributed by atoms with van der Waals surface area (Å²) in [5.74, 6) is 0.596. The van der Waals surface area contributed by atoms with Crippen molar-refractivity contribution in [3.8, 4) is 11.4 Å². The van der Waals surface area contributed by atoms with Crippen molar-refractivity contribution in [3.05, 3.63) is 86.9 Å². The maximum atomic E-state index is 11.2. The smallest absolute Gasteiger partial charge is 0.271 e. The van der Waals surface area contributed by atoms with Crippen LogP contribution in [0.25, 0.3) is 22.4 Å². The van der Waals surface area contributed by atoms with Crippen LogP contribution in [0.3, 0.4) is 0 Å². The van der Waals surface area contributed by atoms with Crippen molar-refractivity contribution < 1.29 is 9.76 Å². The Morgan fingerprint density at radius 2 is 1.89 bits per heavy atom. The Kier molecular flexibility index (Phi) is 3.80. The second kappa shape index (κ2) is 6.35. The predicted molar refractivity (Wildman–Crippen MR) is 109 cm³/mol. The summed E-state index contributed by atoms with van der Waals surface area (Å²) in [7, 11) is 0. The van der Waals surface area contributed by atoms with Crippen molar-refractivity contribution >= 4 is 38.3 Å².